The summed E-state index contributed by atoms with van der Waals surface area (Å²) in [5, 5.41) is 6.41. The minimum atomic E-state index is 0.111. The van der Waals surface area contributed by atoms with Gasteiger partial charge in [0.25, 0.3) is 0 Å². The normalized spacial score (nSPS) is 11.2. The van der Waals surface area contributed by atoms with Crippen molar-refractivity contribution < 1.29 is 4.79 Å². The molecule has 0 aliphatic rings. The smallest absolute Gasteiger partial charge is 0.223 e. The molecule has 0 heterocycles. The quantitative estimate of drug-likeness (QED) is 0.596. The molecule has 0 aliphatic carbocycles. The summed E-state index contributed by atoms with van der Waals surface area (Å²) in [4.78, 5) is 17.8. The third-order valence-electron chi connectivity index (χ3n) is 3.38. The van der Waals surface area contributed by atoms with Crippen LogP contribution in [0.3, 0.4) is 0 Å². The summed E-state index contributed by atoms with van der Waals surface area (Å²) in [6.45, 7) is 6.20. The Balaban J connectivity index is 2.60. The van der Waals surface area contributed by atoms with Crippen LogP contribution in [-0.4, -0.2) is 44.0 Å². The topological polar surface area (TPSA) is 56.7 Å². The van der Waals surface area contributed by atoms with Crippen LogP contribution in [-0.2, 0) is 17.8 Å². The van der Waals surface area contributed by atoms with Crippen molar-refractivity contribution in [1.82, 2.24) is 15.5 Å². The van der Waals surface area contributed by atoms with E-state index in [9.17, 15) is 4.79 Å². The highest BCUT2D eigenvalue weighted by Crippen LogP contribution is 2.10. The molecule has 1 aromatic rings. The van der Waals surface area contributed by atoms with Gasteiger partial charge < -0.3 is 15.5 Å². The van der Waals surface area contributed by atoms with Crippen molar-refractivity contribution in [2.45, 2.75) is 33.2 Å². The molecule has 0 bridgehead atoms. The number of nitrogens with zero attached hydrogens (tertiary/aromatic N) is 2. The van der Waals surface area contributed by atoms with E-state index in [-0.39, 0.29) is 5.91 Å². The zero-order valence-electron chi connectivity index (χ0n) is 14.1. The fraction of sp³-hybridized carbons (Fsp3) is 0.529. The van der Waals surface area contributed by atoms with Gasteiger partial charge in [0.1, 0.15) is 0 Å². The molecule has 0 fully saturated rings. The largest absolute Gasteiger partial charge is 0.357 e. The Morgan fingerprint density at radius 3 is 2.41 bits per heavy atom. The zero-order chi connectivity index (χ0) is 16.4. The third-order valence-corrected chi connectivity index (χ3v) is 3.38. The van der Waals surface area contributed by atoms with Crippen LogP contribution in [0.4, 0.5) is 0 Å². The van der Waals surface area contributed by atoms with Crippen molar-refractivity contribution in [2.24, 2.45) is 4.99 Å². The van der Waals surface area contributed by atoms with Gasteiger partial charge in [-0.25, -0.2) is 4.99 Å². The van der Waals surface area contributed by atoms with Gasteiger partial charge in [-0.15, -0.1) is 0 Å². The molecule has 1 amide bonds. The fourth-order valence-corrected chi connectivity index (χ4v) is 2.07. The number of carbonyl (C=O) groups is 1. The second kappa shape index (κ2) is 9.82. The van der Waals surface area contributed by atoms with E-state index in [1.165, 1.54) is 11.1 Å². The first kappa shape index (κ1) is 18.0. The van der Waals surface area contributed by atoms with E-state index in [1.54, 1.807) is 19.0 Å². The maximum Gasteiger partial charge on any atom is 0.223 e. The van der Waals surface area contributed by atoms with Gasteiger partial charge in [0.2, 0.25) is 5.91 Å². The number of aliphatic imine (C=N–C) groups is 1. The van der Waals surface area contributed by atoms with Gasteiger partial charge in [-0.05, 0) is 24.5 Å². The summed E-state index contributed by atoms with van der Waals surface area (Å²) in [6, 6.07) is 8.35. The first-order chi connectivity index (χ1) is 10.6. The summed E-state index contributed by atoms with van der Waals surface area (Å²) in [7, 11) is 3.53. The molecule has 0 aliphatic heterocycles. The van der Waals surface area contributed by atoms with E-state index in [2.05, 4.69) is 40.7 Å². The molecular formula is C17H28N4O. The van der Waals surface area contributed by atoms with Crippen molar-refractivity contribution in [3.05, 3.63) is 35.4 Å². The van der Waals surface area contributed by atoms with Gasteiger partial charge in [-0.2, -0.15) is 0 Å². The first-order valence-electron chi connectivity index (χ1n) is 7.87. The Morgan fingerprint density at radius 2 is 1.82 bits per heavy atom. The highest BCUT2D eigenvalue weighted by atomic mass is 16.2. The molecule has 0 aromatic heterocycles. The predicted octanol–water partition coefficient (Wildman–Crippen LogP) is 1.78. The Hall–Kier alpha value is -2.04. The number of hydrogen-bond donors (Lipinski definition) is 2. The van der Waals surface area contributed by atoms with Gasteiger partial charge in [-0.3, -0.25) is 4.79 Å². The number of guanidine groups is 1. The molecule has 2 N–H and O–H groups in total. The number of benzene rings is 1. The Labute approximate surface area is 133 Å². The van der Waals surface area contributed by atoms with Crippen molar-refractivity contribution >= 4 is 11.9 Å². The van der Waals surface area contributed by atoms with Gasteiger partial charge >= 0.3 is 0 Å². The number of amides is 1. The molecule has 0 spiro atoms. The molecule has 0 radical (unpaired) electrons. The first-order valence-corrected chi connectivity index (χ1v) is 7.87. The maximum atomic E-state index is 11.6. The van der Waals surface area contributed by atoms with Crippen LogP contribution in [0, 0.1) is 0 Å². The summed E-state index contributed by atoms with van der Waals surface area (Å²) < 4.78 is 0. The molecule has 5 nitrogen and oxygen atoms in total. The number of hydrogen-bond acceptors (Lipinski definition) is 2. The number of rotatable bonds is 7. The summed E-state index contributed by atoms with van der Waals surface area (Å²) in [6.07, 6.45) is 1.47. The molecule has 0 atom stereocenters. The van der Waals surface area contributed by atoms with E-state index < -0.39 is 0 Å². The van der Waals surface area contributed by atoms with Crippen LogP contribution < -0.4 is 10.6 Å². The van der Waals surface area contributed by atoms with Gasteiger partial charge in [0.15, 0.2) is 5.96 Å². The van der Waals surface area contributed by atoms with Crippen LogP contribution in [0.5, 0.6) is 0 Å². The molecule has 0 saturated carbocycles. The minimum absolute atomic E-state index is 0.111. The van der Waals surface area contributed by atoms with E-state index in [4.69, 9.17) is 0 Å². The molecule has 22 heavy (non-hydrogen) atoms. The van der Waals surface area contributed by atoms with Crippen molar-refractivity contribution in [3.8, 4) is 0 Å². The predicted molar refractivity (Wildman–Crippen MR) is 91.9 cm³/mol. The molecule has 122 valence electrons. The molecule has 1 rings (SSSR count). The van der Waals surface area contributed by atoms with Crippen LogP contribution in [0.1, 0.15) is 31.4 Å². The average Bonchev–Trinajstić information content (AvgIpc) is 2.52. The molecule has 0 saturated heterocycles. The van der Waals surface area contributed by atoms with E-state index in [0.29, 0.717) is 19.5 Å². The third kappa shape index (κ3) is 6.16. The van der Waals surface area contributed by atoms with Gasteiger partial charge in [0, 0.05) is 33.6 Å². The molecule has 5 heteroatoms. The second-order valence-corrected chi connectivity index (χ2v) is 5.28. The SMILES string of the molecule is CCNC(=NCc1ccccc1CC)NCCC(=O)N(C)C. The van der Waals surface area contributed by atoms with Gasteiger partial charge in [-0.1, -0.05) is 31.2 Å². The Bertz CT molecular complexity index is 497. The Kier molecular flexibility index (Phi) is 8.04. The molecule has 1 aromatic carbocycles. The van der Waals surface area contributed by atoms with E-state index in [1.807, 2.05) is 13.0 Å². The monoisotopic (exact) mass is 304 g/mol. The maximum absolute atomic E-state index is 11.6. The lowest BCUT2D eigenvalue weighted by Gasteiger charge is -2.13. The highest BCUT2D eigenvalue weighted by molar-refractivity contribution is 5.81. The van der Waals surface area contributed by atoms with Crippen LogP contribution in [0.2, 0.25) is 0 Å². The highest BCUT2D eigenvalue weighted by Gasteiger charge is 2.05. The average molecular weight is 304 g/mol. The molecule has 0 unspecified atom stereocenters. The number of nitrogens with one attached hydrogen (secondary N) is 2. The number of carbonyl (C=O) groups excluding carboxylic acids is 1. The lowest BCUT2D eigenvalue weighted by Crippen LogP contribution is -2.39. The van der Waals surface area contributed by atoms with E-state index >= 15 is 0 Å². The second-order valence-electron chi connectivity index (χ2n) is 5.28. The van der Waals surface area contributed by atoms with Crippen molar-refractivity contribution in [1.29, 1.82) is 0 Å². The lowest BCUT2D eigenvalue weighted by molar-refractivity contribution is -0.128. The van der Waals surface area contributed by atoms with Crippen molar-refractivity contribution in [2.75, 3.05) is 27.2 Å². The van der Waals surface area contributed by atoms with Crippen LogP contribution in [0.25, 0.3) is 0 Å². The van der Waals surface area contributed by atoms with Crippen molar-refractivity contribution in [3.63, 3.8) is 0 Å². The Morgan fingerprint density at radius 1 is 1.14 bits per heavy atom. The van der Waals surface area contributed by atoms with Crippen LogP contribution in [0.15, 0.2) is 29.3 Å². The summed E-state index contributed by atoms with van der Waals surface area (Å²) in [5.41, 5.74) is 2.57. The fourth-order valence-electron chi connectivity index (χ4n) is 2.07. The standard InChI is InChI=1S/C17H28N4O/c1-5-14-9-7-8-10-15(14)13-20-17(18-6-2)19-12-11-16(22)21(3)4/h7-10H,5-6,11-13H2,1-4H3,(H2,18,19,20). The van der Waals surface area contributed by atoms with Crippen LogP contribution >= 0.6 is 0 Å². The summed E-state index contributed by atoms with van der Waals surface area (Å²) >= 11 is 0. The zero-order valence-corrected chi connectivity index (χ0v) is 14.1. The lowest BCUT2D eigenvalue weighted by atomic mass is 10.1. The molecular weight excluding hydrogens is 276 g/mol. The summed E-state index contributed by atoms with van der Waals surface area (Å²) in [5.74, 6) is 0.861. The van der Waals surface area contributed by atoms with Gasteiger partial charge in [0.05, 0.1) is 6.54 Å². The minimum Gasteiger partial charge on any atom is -0.357 e. The number of aryl methyl sites for hydroxylation is 1. The van der Waals surface area contributed by atoms with E-state index in [0.717, 1.165) is 18.9 Å².